The van der Waals surface area contributed by atoms with Crippen molar-refractivity contribution in [2.45, 2.75) is 58.3 Å². The van der Waals surface area contributed by atoms with Crippen LogP contribution in [0.3, 0.4) is 0 Å². The fraction of sp³-hybridized carbons (Fsp3) is 0.333. The predicted molar refractivity (Wildman–Crippen MR) is 136 cm³/mol. The molecular formula is C30H31N2O+. The average molecular weight is 436 g/mol. The molecule has 0 spiro atoms. The van der Waals surface area contributed by atoms with Gasteiger partial charge in [-0.05, 0) is 42.2 Å². The van der Waals surface area contributed by atoms with Crippen molar-refractivity contribution in [2.24, 2.45) is 7.05 Å². The summed E-state index contributed by atoms with van der Waals surface area (Å²) in [5.74, 6) is 0. The van der Waals surface area contributed by atoms with Crippen molar-refractivity contribution in [1.29, 1.82) is 0 Å². The Kier molecular flexibility index (Phi) is 4.12. The summed E-state index contributed by atoms with van der Waals surface area (Å²) in [5, 5.41) is 4.72. The van der Waals surface area contributed by atoms with E-state index in [2.05, 4.69) is 94.8 Å². The first-order valence-corrected chi connectivity index (χ1v) is 11.9. The van der Waals surface area contributed by atoms with Gasteiger partial charge in [0, 0.05) is 21.6 Å². The van der Waals surface area contributed by atoms with Gasteiger partial charge >= 0.3 is 0 Å². The molecule has 1 aliphatic rings. The molecule has 0 aliphatic heterocycles. The van der Waals surface area contributed by atoms with Gasteiger partial charge in [-0.25, -0.2) is 4.57 Å². The van der Waals surface area contributed by atoms with Crippen molar-refractivity contribution in [2.75, 3.05) is 0 Å². The van der Waals surface area contributed by atoms with E-state index in [0.717, 1.165) is 29.4 Å². The molecule has 1 aliphatic carbocycles. The number of nitrogens with zero attached hydrogens (tertiary/aromatic N) is 2. The number of hydrogen-bond acceptors (Lipinski definition) is 2. The number of benzene rings is 3. The molecule has 0 bridgehead atoms. The van der Waals surface area contributed by atoms with E-state index < -0.39 is 0 Å². The minimum atomic E-state index is 0.0412. The number of furan rings is 1. The molecule has 0 saturated carbocycles. The summed E-state index contributed by atoms with van der Waals surface area (Å²) in [5.41, 5.74) is 8.30. The molecule has 0 fully saturated rings. The minimum Gasteiger partial charge on any atom is -0.455 e. The fourth-order valence-electron chi connectivity index (χ4n) is 5.84. The van der Waals surface area contributed by atoms with Gasteiger partial charge in [-0.15, -0.1) is 0 Å². The molecule has 0 saturated heterocycles. The summed E-state index contributed by atoms with van der Waals surface area (Å²) in [6.07, 6.45) is 4.28. The van der Waals surface area contributed by atoms with Crippen LogP contribution in [0, 0.1) is 6.92 Å². The fourth-order valence-corrected chi connectivity index (χ4v) is 5.84. The second-order valence-corrected chi connectivity index (χ2v) is 11.1. The zero-order chi connectivity index (χ0) is 23.1. The van der Waals surface area contributed by atoms with Crippen molar-refractivity contribution >= 4 is 32.7 Å². The van der Waals surface area contributed by atoms with E-state index in [9.17, 15) is 0 Å². The van der Waals surface area contributed by atoms with E-state index in [0.29, 0.717) is 0 Å². The molecule has 0 amide bonds. The summed E-state index contributed by atoms with van der Waals surface area (Å²) in [4.78, 5) is 4.98. The van der Waals surface area contributed by atoms with Crippen LogP contribution < -0.4 is 4.57 Å². The first-order chi connectivity index (χ1) is 15.7. The van der Waals surface area contributed by atoms with Gasteiger partial charge in [-0.2, -0.15) is 0 Å². The highest BCUT2D eigenvalue weighted by atomic mass is 16.3. The Morgan fingerprint density at radius 2 is 1.52 bits per heavy atom. The molecular weight excluding hydrogens is 404 g/mol. The molecule has 33 heavy (non-hydrogen) atoms. The molecule has 0 unspecified atom stereocenters. The Morgan fingerprint density at radius 3 is 2.33 bits per heavy atom. The van der Waals surface area contributed by atoms with Crippen LogP contribution >= 0.6 is 0 Å². The maximum absolute atomic E-state index is 6.76. The van der Waals surface area contributed by atoms with Crippen LogP contribution in [-0.2, 0) is 17.9 Å². The molecule has 2 heterocycles. The first-order valence-electron chi connectivity index (χ1n) is 11.9. The SMILES string of the molecule is Cc1ccc2c(oc3c4ccccc4ccc23)c1-c1c2c(nc[n+]1C)C(C)(C)CCC2(C)C. The third kappa shape index (κ3) is 2.81. The molecule has 0 atom stereocenters. The molecule has 0 radical (unpaired) electrons. The Hall–Kier alpha value is -3.20. The van der Waals surface area contributed by atoms with Crippen LogP contribution in [0.1, 0.15) is 57.4 Å². The average Bonchev–Trinajstić information content (AvgIpc) is 3.16. The van der Waals surface area contributed by atoms with Crippen LogP contribution in [0.15, 0.2) is 59.3 Å². The van der Waals surface area contributed by atoms with Gasteiger partial charge in [0.05, 0.1) is 18.2 Å². The maximum Gasteiger partial charge on any atom is 0.286 e. The van der Waals surface area contributed by atoms with Gasteiger partial charge in [0.25, 0.3) is 6.33 Å². The lowest BCUT2D eigenvalue weighted by Gasteiger charge is -2.39. The van der Waals surface area contributed by atoms with Crippen LogP contribution in [0.25, 0.3) is 44.0 Å². The Labute approximate surface area is 195 Å². The molecule has 3 heteroatoms. The second kappa shape index (κ2) is 6.66. The molecule has 3 nitrogen and oxygen atoms in total. The number of hydrogen-bond donors (Lipinski definition) is 0. The topological polar surface area (TPSA) is 29.9 Å². The number of aryl methyl sites for hydroxylation is 2. The number of rotatable bonds is 1. The molecule has 166 valence electrons. The highest BCUT2D eigenvalue weighted by Crippen LogP contribution is 2.49. The minimum absolute atomic E-state index is 0.0412. The third-order valence-electron chi connectivity index (χ3n) is 7.86. The highest BCUT2D eigenvalue weighted by molar-refractivity contribution is 6.17. The Bertz CT molecular complexity index is 1590. The molecule has 2 aromatic heterocycles. The Balaban J connectivity index is 1.78. The lowest BCUT2D eigenvalue weighted by molar-refractivity contribution is -0.664. The van der Waals surface area contributed by atoms with E-state index >= 15 is 0 Å². The molecule has 5 aromatic rings. The summed E-state index contributed by atoms with van der Waals surface area (Å²) in [6, 6.07) is 17.4. The van der Waals surface area contributed by atoms with Gasteiger partial charge in [-0.3, -0.25) is 0 Å². The third-order valence-corrected chi connectivity index (χ3v) is 7.86. The van der Waals surface area contributed by atoms with Gasteiger partial charge in [0.2, 0.25) is 0 Å². The molecule has 6 rings (SSSR count). The van der Waals surface area contributed by atoms with Crippen molar-refractivity contribution in [3.63, 3.8) is 0 Å². The van der Waals surface area contributed by atoms with Gasteiger partial charge < -0.3 is 4.42 Å². The number of fused-ring (bicyclic) bond motifs is 6. The zero-order valence-corrected chi connectivity index (χ0v) is 20.4. The van der Waals surface area contributed by atoms with Crippen LogP contribution in [0.5, 0.6) is 0 Å². The quantitative estimate of drug-likeness (QED) is 0.259. The zero-order valence-electron chi connectivity index (χ0n) is 20.4. The van der Waals surface area contributed by atoms with E-state index in [-0.39, 0.29) is 10.8 Å². The van der Waals surface area contributed by atoms with E-state index in [4.69, 9.17) is 9.40 Å². The standard InChI is InChI=1S/C30H31N2O/c1-18-11-13-22-21-14-12-19-9-7-8-10-20(19)26(21)33-27(22)23(18)25-24-28(31-17-32(25)6)30(4,5)16-15-29(24,2)3/h7-14,17H,15-16H2,1-6H3/q+1. The van der Waals surface area contributed by atoms with E-state index in [1.54, 1.807) is 0 Å². The van der Waals surface area contributed by atoms with Gasteiger partial charge in [-0.1, -0.05) is 75.1 Å². The Morgan fingerprint density at radius 1 is 0.818 bits per heavy atom. The van der Waals surface area contributed by atoms with Crippen LogP contribution in [0.4, 0.5) is 0 Å². The van der Waals surface area contributed by atoms with Crippen molar-refractivity contribution in [3.05, 3.63) is 71.7 Å². The second-order valence-electron chi connectivity index (χ2n) is 11.1. The smallest absolute Gasteiger partial charge is 0.286 e. The largest absolute Gasteiger partial charge is 0.455 e. The lowest BCUT2D eigenvalue weighted by Crippen LogP contribution is -2.43. The van der Waals surface area contributed by atoms with Crippen molar-refractivity contribution < 1.29 is 8.98 Å². The van der Waals surface area contributed by atoms with Crippen molar-refractivity contribution in [3.8, 4) is 11.3 Å². The number of aromatic nitrogens is 2. The van der Waals surface area contributed by atoms with Gasteiger partial charge in [0.1, 0.15) is 16.9 Å². The first kappa shape index (κ1) is 20.4. The highest BCUT2D eigenvalue weighted by Gasteiger charge is 2.45. The van der Waals surface area contributed by atoms with Gasteiger partial charge in [0.15, 0.2) is 5.69 Å². The lowest BCUT2D eigenvalue weighted by atomic mass is 9.64. The molecule has 0 N–H and O–H groups in total. The normalized spacial score (nSPS) is 17.0. The predicted octanol–water partition coefficient (Wildman–Crippen LogP) is 7.28. The maximum atomic E-state index is 6.76. The van der Waals surface area contributed by atoms with Crippen LogP contribution in [0.2, 0.25) is 0 Å². The van der Waals surface area contributed by atoms with E-state index in [1.807, 2.05) is 6.33 Å². The van der Waals surface area contributed by atoms with Crippen molar-refractivity contribution in [1.82, 2.24) is 4.98 Å². The summed E-state index contributed by atoms with van der Waals surface area (Å²) in [6.45, 7) is 11.6. The monoisotopic (exact) mass is 435 g/mol. The summed E-state index contributed by atoms with van der Waals surface area (Å²) < 4.78 is 8.97. The summed E-state index contributed by atoms with van der Waals surface area (Å²) in [7, 11) is 2.12. The summed E-state index contributed by atoms with van der Waals surface area (Å²) >= 11 is 0. The molecule has 3 aromatic carbocycles. The van der Waals surface area contributed by atoms with Crippen LogP contribution in [-0.4, -0.2) is 4.98 Å². The van der Waals surface area contributed by atoms with E-state index in [1.165, 1.54) is 44.2 Å².